The number of aliphatic carboxylic acids is 1. The lowest BCUT2D eigenvalue weighted by Crippen LogP contribution is -2.59. The fourth-order valence-electron chi connectivity index (χ4n) is 6.28. The Kier molecular flexibility index (Phi) is 15.0. The van der Waals surface area contributed by atoms with E-state index in [4.69, 9.17) is 5.73 Å². The molecule has 0 aliphatic carbocycles. The molecule has 0 unspecified atom stereocenters. The van der Waals surface area contributed by atoms with Gasteiger partial charge < -0.3 is 32.1 Å². The van der Waals surface area contributed by atoms with Crippen LogP contribution < -0.4 is 27.0 Å². The molecule has 0 aliphatic rings. The second-order valence-electron chi connectivity index (χ2n) is 13.6. The predicted octanol–water partition coefficient (Wildman–Crippen LogP) is 3.55. The molecule has 0 saturated heterocycles. The lowest BCUT2D eigenvalue weighted by Gasteiger charge is -2.27. The van der Waals surface area contributed by atoms with Gasteiger partial charge in [-0.1, -0.05) is 152 Å². The quantitative estimate of drug-likeness (QED) is 0.0747. The third-order valence-corrected chi connectivity index (χ3v) is 9.28. The van der Waals surface area contributed by atoms with E-state index < -0.39 is 59.8 Å². The minimum atomic E-state index is -1.27. The second-order valence-corrected chi connectivity index (χ2v) is 13.6. The Morgan fingerprint density at radius 2 is 0.607 bits per heavy atom. The van der Waals surface area contributed by atoms with Crippen molar-refractivity contribution < 1.29 is 29.1 Å². The first-order valence-corrected chi connectivity index (χ1v) is 18.5. The molecular formula is C45H47N5O6. The van der Waals surface area contributed by atoms with Gasteiger partial charge in [0.25, 0.3) is 0 Å². The van der Waals surface area contributed by atoms with Gasteiger partial charge in [0.2, 0.25) is 23.6 Å². The number of hydrogen-bond donors (Lipinski definition) is 6. The molecule has 7 N–H and O–H groups in total. The third-order valence-electron chi connectivity index (χ3n) is 9.28. The molecule has 0 aliphatic heterocycles. The molecule has 288 valence electrons. The Labute approximate surface area is 326 Å². The number of hydrogen-bond acceptors (Lipinski definition) is 6. The highest BCUT2D eigenvalue weighted by atomic mass is 16.4. The highest BCUT2D eigenvalue weighted by Crippen LogP contribution is 2.11. The highest BCUT2D eigenvalue weighted by molar-refractivity contribution is 5.96. The zero-order valence-electron chi connectivity index (χ0n) is 30.9. The smallest absolute Gasteiger partial charge is 0.326 e. The number of nitrogens with two attached hydrogens (primary N) is 1. The van der Waals surface area contributed by atoms with Crippen LogP contribution in [0.2, 0.25) is 0 Å². The molecule has 0 saturated carbocycles. The number of carboxylic acids is 1. The SMILES string of the molecule is N[C@H](Cc1ccccc1)C(=O)N[C@@H](Cc1ccccc1)C(=O)N[C@H](Cc1ccccc1)C(=O)N[C@@H](Cc1ccccc1)C(=O)N[C@H](Cc1ccccc1)C(=O)O. The van der Waals surface area contributed by atoms with Crippen molar-refractivity contribution >= 4 is 29.6 Å². The maximum absolute atomic E-state index is 14.3. The molecule has 5 aromatic rings. The van der Waals surface area contributed by atoms with Crippen molar-refractivity contribution in [2.45, 2.75) is 62.3 Å². The zero-order valence-corrected chi connectivity index (χ0v) is 30.9. The molecular weight excluding hydrogens is 707 g/mol. The first-order chi connectivity index (χ1) is 27.1. The molecule has 0 fully saturated rings. The van der Waals surface area contributed by atoms with E-state index in [0.717, 1.165) is 22.3 Å². The van der Waals surface area contributed by atoms with Crippen LogP contribution in [0.3, 0.4) is 0 Å². The first kappa shape index (κ1) is 40.6. The summed E-state index contributed by atoms with van der Waals surface area (Å²) in [6, 6.07) is 39.8. The van der Waals surface area contributed by atoms with E-state index in [1.807, 2.05) is 103 Å². The molecule has 0 bridgehead atoms. The average molecular weight is 754 g/mol. The van der Waals surface area contributed by atoms with Crippen LogP contribution in [0.25, 0.3) is 0 Å². The van der Waals surface area contributed by atoms with Crippen LogP contribution in [-0.2, 0) is 56.1 Å². The Balaban J connectivity index is 1.38. The minimum Gasteiger partial charge on any atom is -0.480 e. The Hall–Kier alpha value is -6.59. The molecule has 4 amide bonds. The van der Waals surface area contributed by atoms with Crippen molar-refractivity contribution in [2.24, 2.45) is 5.73 Å². The summed E-state index contributed by atoms with van der Waals surface area (Å²) in [5, 5.41) is 21.1. The number of benzene rings is 5. The third kappa shape index (κ3) is 12.8. The molecule has 0 spiro atoms. The highest BCUT2D eigenvalue weighted by Gasteiger charge is 2.32. The van der Waals surface area contributed by atoms with Crippen molar-refractivity contribution in [1.82, 2.24) is 21.3 Å². The van der Waals surface area contributed by atoms with Crippen LogP contribution in [-0.4, -0.2) is 64.9 Å². The van der Waals surface area contributed by atoms with Crippen LogP contribution in [0.5, 0.6) is 0 Å². The van der Waals surface area contributed by atoms with Gasteiger partial charge in [-0.15, -0.1) is 0 Å². The van der Waals surface area contributed by atoms with E-state index in [0.29, 0.717) is 5.56 Å². The number of carbonyl (C=O) groups excluding carboxylic acids is 4. The van der Waals surface area contributed by atoms with Gasteiger partial charge >= 0.3 is 5.97 Å². The van der Waals surface area contributed by atoms with Crippen LogP contribution in [0.15, 0.2) is 152 Å². The van der Waals surface area contributed by atoms with E-state index in [9.17, 15) is 29.1 Å². The summed E-state index contributed by atoms with van der Waals surface area (Å²) < 4.78 is 0. The maximum atomic E-state index is 14.3. The van der Waals surface area contributed by atoms with Gasteiger partial charge in [0.1, 0.15) is 24.2 Å². The van der Waals surface area contributed by atoms with Crippen molar-refractivity contribution in [1.29, 1.82) is 0 Å². The van der Waals surface area contributed by atoms with Gasteiger partial charge in [0.15, 0.2) is 0 Å². The average Bonchev–Trinajstić information content (AvgIpc) is 3.21. The fraction of sp³-hybridized carbons (Fsp3) is 0.222. The molecule has 11 heteroatoms. The summed E-state index contributed by atoms with van der Waals surface area (Å²) in [5.41, 5.74) is 10.1. The molecule has 5 aromatic carbocycles. The molecule has 5 atom stereocenters. The van der Waals surface area contributed by atoms with Crippen molar-refractivity contribution in [3.05, 3.63) is 179 Å². The molecule has 56 heavy (non-hydrogen) atoms. The van der Waals surface area contributed by atoms with E-state index in [2.05, 4.69) is 21.3 Å². The first-order valence-electron chi connectivity index (χ1n) is 18.5. The van der Waals surface area contributed by atoms with Gasteiger partial charge in [-0.2, -0.15) is 0 Å². The number of amides is 4. The van der Waals surface area contributed by atoms with Gasteiger partial charge in [0, 0.05) is 25.7 Å². The van der Waals surface area contributed by atoms with E-state index in [1.165, 1.54) is 0 Å². The Morgan fingerprint density at radius 1 is 0.375 bits per heavy atom. The molecule has 0 radical (unpaired) electrons. The normalized spacial score (nSPS) is 13.5. The number of carboxylic acid groups (broad SMARTS) is 1. The Morgan fingerprint density at radius 3 is 0.893 bits per heavy atom. The minimum absolute atomic E-state index is 0.0319. The summed E-state index contributed by atoms with van der Waals surface area (Å²) in [6.07, 6.45) is 0.513. The molecule has 0 heterocycles. The monoisotopic (exact) mass is 753 g/mol. The van der Waals surface area contributed by atoms with Crippen molar-refractivity contribution in [2.75, 3.05) is 0 Å². The number of nitrogens with one attached hydrogen (secondary N) is 4. The van der Waals surface area contributed by atoms with E-state index >= 15 is 0 Å². The van der Waals surface area contributed by atoms with Crippen LogP contribution in [0.4, 0.5) is 0 Å². The number of carbonyl (C=O) groups is 5. The Bertz CT molecular complexity index is 2020. The molecule has 5 rings (SSSR count). The van der Waals surface area contributed by atoms with E-state index in [1.54, 1.807) is 48.5 Å². The summed E-state index contributed by atoms with van der Waals surface area (Å²) in [6.45, 7) is 0. The summed E-state index contributed by atoms with van der Waals surface area (Å²) >= 11 is 0. The summed E-state index contributed by atoms with van der Waals surface area (Å²) in [7, 11) is 0. The van der Waals surface area contributed by atoms with Gasteiger partial charge in [-0.05, 0) is 34.2 Å². The molecule has 0 aromatic heterocycles. The van der Waals surface area contributed by atoms with Crippen molar-refractivity contribution in [3.8, 4) is 0 Å². The zero-order chi connectivity index (χ0) is 39.7. The van der Waals surface area contributed by atoms with Gasteiger partial charge in [0.05, 0.1) is 6.04 Å². The fourth-order valence-corrected chi connectivity index (χ4v) is 6.28. The standard InChI is InChI=1S/C45H47N5O6/c46-36(26-31-16-6-1-7-17-31)41(51)47-37(27-32-18-8-2-9-19-32)42(52)48-38(28-33-20-10-3-11-21-33)43(53)49-39(29-34-22-12-4-13-23-34)44(54)50-40(45(55)56)30-35-24-14-5-15-25-35/h1-25,36-40H,26-30,46H2,(H,47,51)(H,48,52)(H,49,53)(H,50,54)(H,55,56)/t36-,37+,38-,39+,40-/m1/s1. The second kappa shape index (κ2) is 20.8. The number of rotatable bonds is 19. The van der Waals surface area contributed by atoms with E-state index in [-0.39, 0.29) is 32.1 Å². The maximum Gasteiger partial charge on any atom is 0.326 e. The van der Waals surface area contributed by atoms with Crippen molar-refractivity contribution in [3.63, 3.8) is 0 Å². The summed E-state index contributed by atoms with van der Waals surface area (Å²) in [5.74, 6) is -3.74. The predicted molar refractivity (Wildman–Crippen MR) is 214 cm³/mol. The van der Waals surface area contributed by atoms with Gasteiger partial charge in [-0.25, -0.2) is 4.79 Å². The summed E-state index contributed by atoms with van der Waals surface area (Å²) in [4.78, 5) is 68.1. The van der Waals surface area contributed by atoms with Crippen LogP contribution in [0.1, 0.15) is 27.8 Å². The lowest BCUT2D eigenvalue weighted by atomic mass is 10.00. The van der Waals surface area contributed by atoms with Gasteiger partial charge in [-0.3, -0.25) is 19.2 Å². The topological polar surface area (TPSA) is 180 Å². The van der Waals surface area contributed by atoms with Crippen LogP contribution >= 0.6 is 0 Å². The lowest BCUT2D eigenvalue weighted by molar-refractivity contribution is -0.142. The van der Waals surface area contributed by atoms with Crippen LogP contribution in [0, 0.1) is 0 Å². The largest absolute Gasteiger partial charge is 0.480 e. The molecule has 11 nitrogen and oxygen atoms in total.